The van der Waals surface area contributed by atoms with Gasteiger partial charge in [-0.25, -0.2) is 4.98 Å². The van der Waals surface area contributed by atoms with Crippen LogP contribution in [0.3, 0.4) is 0 Å². The molecule has 0 amide bonds. The van der Waals surface area contributed by atoms with Crippen molar-refractivity contribution in [2.75, 3.05) is 20.6 Å². The van der Waals surface area contributed by atoms with Gasteiger partial charge in [0.1, 0.15) is 12.7 Å². The number of nitrogens with one attached hydrogen (secondary N) is 1. The molecule has 0 aliphatic rings. The van der Waals surface area contributed by atoms with E-state index in [1.165, 1.54) is 0 Å². The molecule has 2 aromatic heterocycles. The molecule has 1 N–H and O–H groups in total. The highest BCUT2D eigenvalue weighted by atomic mass is 32.1. The molecule has 0 fully saturated rings. The molecule has 0 bridgehead atoms. The molecule has 0 aromatic carbocycles. The minimum atomic E-state index is 0.769. The van der Waals surface area contributed by atoms with E-state index in [0.29, 0.717) is 0 Å². The molecule has 0 aliphatic heterocycles. The second-order valence-electron chi connectivity index (χ2n) is 5.09. The molecule has 2 aromatic rings. The maximum Gasteiger partial charge on any atom is 0.193 e. The fourth-order valence-corrected chi connectivity index (χ4v) is 2.74. The minimum absolute atomic E-state index is 0.769. The normalized spacial score (nSPS) is 11.7. The second-order valence-corrected chi connectivity index (χ2v) is 6.16. The van der Waals surface area contributed by atoms with E-state index < -0.39 is 0 Å². The van der Waals surface area contributed by atoms with E-state index in [-0.39, 0.29) is 0 Å². The summed E-state index contributed by atoms with van der Waals surface area (Å²) in [7, 11) is 3.84. The molecule has 0 atom stereocenters. The van der Waals surface area contributed by atoms with Crippen molar-refractivity contribution in [2.24, 2.45) is 4.99 Å². The highest BCUT2D eigenvalue weighted by Gasteiger charge is 2.08. The molecular formula is C14H23N7S. The summed E-state index contributed by atoms with van der Waals surface area (Å²) in [5, 5.41) is 14.2. The predicted molar refractivity (Wildman–Crippen MR) is 88.9 cm³/mol. The molecule has 0 saturated heterocycles. The van der Waals surface area contributed by atoms with E-state index in [0.717, 1.165) is 49.1 Å². The predicted octanol–water partition coefficient (Wildman–Crippen LogP) is 1.53. The average Bonchev–Trinajstić information content (AvgIpc) is 3.14. The summed E-state index contributed by atoms with van der Waals surface area (Å²) in [5.41, 5.74) is 1.08. The molecular weight excluding hydrogens is 298 g/mol. The number of aromatic nitrogens is 4. The Kier molecular flexibility index (Phi) is 6.32. The molecule has 2 rings (SSSR count). The number of rotatable bonds is 7. The number of guanidine groups is 1. The minimum Gasteiger partial charge on any atom is -0.356 e. The number of aliphatic imine (C=N–C) groups is 1. The molecule has 120 valence electrons. The average molecular weight is 321 g/mol. The summed E-state index contributed by atoms with van der Waals surface area (Å²) in [4.78, 5) is 10.9. The first-order chi connectivity index (χ1) is 10.7. The Bertz CT molecular complexity index is 576. The van der Waals surface area contributed by atoms with Crippen LogP contribution in [-0.4, -0.2) is 51.2 Å². The molecule has 2 heterocycles. The van der Waals surface area contributed by atoms with E-state index in [9.17, 15) is 0 Å². The summed E-state index contributed by atoms with van der Waals surface area (Å²) in [6.45, 7) is 4.64. The lowest BCUT2D eigenvalue weighted by Gasteiger charge is -2.21. The van der Waals surface area contributed by atoms with Crippen LogP contribution in [0.4, 0.5) is 0 Å². The van der Waals surface area contributed by atoms with Crippen LogP contribution in [0, 0.1) is 6.92 Å². The fourth-order valence-electron chi connectivity index (χ4n) is 2.14. The molecule has 0 unspecified atom stereocenters. The molecule has 7 nitrogen and oxygen atoms in total. The Morgan fingerprint density at radius 2 is 2.14 bits per heavy atom. The van der Waals surface area contributed by atoms with Gasteiger partial charge in [0.25, 0.3) is 0 Å². The second kappa shape index (κ2) is 8.47. The third-order valence-corrected chi connectivity index (χ3v) is 4.05. The van der Waals surface area contributed by atoms with E-state index in [4.69, 9.17) is 0 Å². The molecule has 0 aliphatic carbocycles. The summed E-state index contributed by atoms with van der Waals surface area (Å²) < 4.78 is 1.99. The number of nitrogens with zero attached hydrogens (tertiary/aromatic N) is 6. The van der Waals surface area contributed by atoms with Gasteiger partial charge in [0.2, 0.25) is 0 Å². The summed E-state index contributed by atoms with van der Waals surface area (Å²) >= 11 is 1.68. The van der Waals surface area contributed by atoms with Gasteiger partial charge < -0.3 is 14.8 Å². The Balaban J connectivity index is 1.68. The molecule has 8 heteroatoms. The van der Waals surface area contributed by atoms with Crippen LogP contribution in [0.5, 0.6) is 0 Å². The highest BCUT2D eigenvalue weighted by Crippen LogP contribution is 2.09. The van der Waals surface area contributed by atoms with Crippen LogP contribution in [0.1, 0.15) is 23.5 Å². The van der Waals surface area contributed by atoms with Crippen LogP contribution in [0.25, 0.3) is 0 Å². The lowest BCUT2D eigenvalue weighted by molar-refractivity contribution is 0.467. The Morgan fingerprint density at radius 1 is 1.36 bits per heavy atom. The Labute approximate surface area is 135 Å². The topological polar surface area (TPSA) is 71.2 Å². The maximum atomic E-state index is 4.49. The van der Waals surface area contributed by atoms with Crippen molar-refractivity contribution in [2.45, 2.75) is 32.9 Å². The van der Waals surface area contributed by atoms with Crippen molar-refractivity contribution in [3.63, 3.8) is 0 Å². The van der Waals surface area contributed by atoms with Crippen LogP contribution >= 0.6 is 11.3 Å². The van der Waals surface area contributed by atoms with E-state index >= 15 is 0 Å². The zero-order chi connectivity index (χ0) is 15.8. The highest BCUT2D eigenvalue weighted by molar-refractivity contribution is 7.09. The van der Waals surface area contributed by atoms with Gasteiger partial charge >= 0.3 is 0 Å². The zero-order valence-corrected chi connectivity index (χ0v) is 14.2. The van der Waals surface area contributed by atoms with Crippen LogP contribution in [0.2, 0.25) is 0 Å². The van der Waals surface area contributed by atoms with E-state index in [2.05, 4.69) is 35.8 Å². The van der Waals surface area contributed by atoms with Crippen molar-refractivity contribution >= 4 is 17.3 Å². The first-order valence-corrected chi connectivity index (χ1v) is 8.22. The number of hydrogen-bond acceptors (Lipinski definition) is 5. The van der Waals surface area contributed by atoms with Crippen LogP contribution < -0.4 is 5.32 Å². The molecule has 22 heavy (non-hydrogen) atoms. The third-order valence-electron chi connectivity index (χ3n) is 3.23. The van der Waals surface area contributed by atoms with E-state index in [1.54, 1.807) is 24.0 Å². The molecule has 0 spiro atoms. The standard InChI is InChI=1S/C14H23N7S/c1-12-19-13(9-22-12)8-20(3)14(15-2)16-6-4-5-7-21-10-17-18-11-21/h9-11H,4-8H2,1-3H3,(H,15,16). The lowest BCUT2D eigenvalue weighted by Crippen LogP contribution is -2.39. The monoisotopic (exact) mass is 321 g/mol. The van der Waals surface area contributed by atoms with Crippen LogP contribution in [0.15, 0.2) is 23.0 Å². The molecule has 0 radical (unpaired) electrons. The number of thiazole rings is 1. The quantitative estimate of drug-likeness (QED) is 0.476. The summed E-state index contributed by atoms with van der Waals surface area (Å²) in [5.74, 6) is 0.898. The van der Waals surface area contributed by atoms with Crippen molar-refractivity contribution in [3.8, 4) is 0 Å². The van der Waals surface area contributed by atoms with Crippen LogP contribution in [-0.2, 0) is 13.1 Å². The van der Waals surface area contributed by atoms with Gasteiger partial charge in [-0.15, -0.1) is 21.5 Å². The SMILES string of the molecule is CN=C(NCCCCn1cnnc1)N(C)Cc1csc(C)n1. The van der Waals surface area contributed by atoms with Crippen molar-refractivity contribution in [3.05, 3.63) is 28.7 Å². The van der Waals surface area contributed by atoms with Gasteiger partial charge in [-0.2, -0.15) is 0 Å². The largest absolute Gasteiger partial charge is 0.356 e. The Morgan fingerprint density at radius 3 is 2.77 bits per heavy atom. The van der Waals surface area contributed by atoms with E-state index in [1.807, 2.05) is 25.6 Å². The van der Waals surface area contributed by atoms with Gasteiger partial charge in [0, 0.05) is 32.6 Å². The van der Waals surface area contributed by atoms with Gasteiger partial charge in [-0.1, -0.05) is 0 Å². The smallest absolute Gasteiger partial charge is 0.193 e. The first kappa shape index (κ1) is 16.4. The van der Waals surface area contributed by atoms with Crippen molar-refractivity contribution in [1.82, 2.24) is 30.0 Å². The van der Waals surface area contributed by atoms with Gasteiger partial charge in [0.15, 0.2) is 5.96 Å². The van der Waals surface area contributed by atoms with Gasteiger partial charge in [-0.05, 0) is 19.8 Å². The lowest BCUT2D eigenvalue weighted by atomic mass is 10.3. The number of unbranched alkanes of at least 4 members (excludes halogenated alkanes) is 1. The fraction of sp³-hybridized carbons (Fsp3) is 0.571. The first-order valence-electron chi connectivity index (χ1n) is 7.34. The summed E-state index contributed by atoms with van der Waals surface area (Å²) in [6, 6.07) is 0. The van der Waals surface area contributed by atoms with Gasteiger partial charge in [-0.3, -0.25) is 4.99 Å². The van der Waals surface area contributed by atoms with Crippen molar-refractivity contribution < 1.29 is 0 Å². The number of aryl methyl sites for hydroxylation is 2. The van der Waals surface area contributed by atoms with Gasteiger partial charge in [0.05, 0.1) is 17.2 Å². The maximum absolute atomic E-state index is 4.49. The zero-order valence-electron chi connectivity index (χ0n) is 13.4. The number of hydrogen-bond donors (Lipinski definition) is 1. The van der Waals surface area contributed by atoms with Crippen molar-refractivity contribution in [1.29, 1.82) is 0 Å². The summed E-state index contributed by atoms with van der Waals surface area (Å²) in [6.07, 6.45) is 5.64. The Hall–Kier alpha value is -1.96. The third kappa shape index (κ3) is 5.10. The molecule has 0 saturated carbocycles.